The van der Waals surface area contributed by atoms with Gasteiger partial charge >= 0.3 is 5.97 Å². The maximum atomic E-state index is 11.5. The average molecular weight is 237 g/mol. The third-order valence-corrected chi connectivity index (χ3v) is 3.72. The maximum Gasteiger partial charge on any atom is 0.324 e. The predicted octanol–water partition coefficient (Wildman–Crippen LogP) is 1.95. The largest absolute Gasteiger partial charge is 0.465 e. The fourth-order valence-electron chi connectivity index (χ4n) is 1.67. The molecule has 2 atom stereocenters. The molecule has 2 rings (SSSR count). The Hall–Kier alpha value is -1.00. The number of carbonyl (C=O) groups is 1. The van der Waals surface area contributed by atoms with E-state index in [4.69, 9.17) is 4.74 Å². The summed E-state index contributed by atoms with van der Waals surface area (Å²) in [6.45, 7) is 2.27. The van der Waals surface area contributed by atoms with Crippen LogP contribution in [0.1, 0.15) is 17.9 Å². The van der Waals surface area contributed by atoms with Crippen LogP contribution in [0.25, 0.3) is 0 Å². The number of benzene rings is 1. The number of thioether (sulfide) groups is 1. The van der Waals surface area contributed by atoms with Gasteiger partial charge in [0, 0.05) is 5.75 Å². The first-order chi connectivity index (χ1) is 7.81. The summed E-state index contributed by atoms with van der Waals surface area (Å²) in [6.07, 6.45) is 0. The molecule has 1 N–H and O–H groups in total. The molecule has 86 valence electrons. The SMILES string of the molecule is CCOC(=O)C1CSC(c2ccccc2)N1. The van der Waals surface area contributed by atoms with E-state index in [9.17, 15) is 4.79 Å². The molecule has 1 saturated heterocycles. The minimum atomic E-state index is -0.171. The fourth-order valence-corrected chi connectivity index (χ4v) is 2.90. The summed E-state index contributed by atoms with van der Waals surface area (Å²) < 4.78 is 5.00. The summed E-state index contributed by atoms with van der Waals surface area (Å²) in [5.41, 5.74) is 1.21. The van der Waals surface area contributed by atoms with E-state index in [0.29, 0.717) is 6.61 Å². The molecule has 1 fully saturated rings. The number of nitrogens with one attached hydrogen (secondary N) is 1. The van der Waals surface area contributed by atoms with Crippen molar-refractivity contribution >= 4 is 17.7 Å². The second-order valence-corrected chi connectivity index (χ2v) is 4.73. The lowest BCUT2D eigenvalue weighted by molar-refractivity contribution is -0.144. The van der Waals surface area contributed by atoms with E-state index in [1.165, 1.54) is 5.56 Å². The zero-order valence-corrected chi connectivity index (χ0v) is 10.00. The molecule has 0 aromatic heterocycles. The smallest absolute Gasteiger partial charge is 0.324 e. The number of hydrogen-bond donors (Lipinski definition) is 1. The Bertz CT molecular complexity index is 355. The maximum absolute atomic E-state index is 11.5. The van der Waals surface area contributed by atoms with Gasteiger partial charge in [-0.2, -0.15) is 0 Å². The second kappa shape index (κ2) is 5.37. The van der Waals surface area contributed by atoms with Crippen molar-refractivity contribution in [1.29, 1.82) is 0 Å². The molecule has 0 radical (unpaired) electrons. The van der Waals surface area contributed by atoms with Crippen LogP contribution in [0.15, 0.2) is 30.3 Å². The molecule has 0 amide bonds. The molecular formula is C12H15NO2S. The van der Waals surface area contributed by atoms with Gasteiger partial charge < -0.3 is 4.74 Å². The molecule has 0 aliphatic carbocycles. The van der Waals surface area contributed by atoms with Crippen LogP contribution >= 0.6 is 11.8 Å². The average Bonchev–Trinajstić information content (AvgIpc) is 2.80. The Morgan fingerprint density at radius 3 is 2.94 bits per heavy atom. The Morgan fingerprint density at radius 2 is 2.25 bits per heavy atom. The second-order valence-electron chi connectivity index (χ2n) is 3.60. The van der Waals surface area contributed by atoms with Gasteiger partial charge in [0.2, 0.25) is 0 Å². The molecule has 1 aliphatic heterocycles. The van der Waals surface area contributed by atoms with Gasteiger partial charge in [0.05, 0.1) is 12.0 Å². The first kappa shape index (κ1) is 11.5. The highest BCUT2D eigenvalue weighted by Crippen LogP contribution is 2.32. The lowest BCUT2D eigenvalue weighted by atomic mass is 10.2. The Labute approximate surface area is 99.6 Å². The fraction of sp³-hybridized carbons (Fsp3) is 0.417. The minimum Gasteiger partial charge on any atom is -0.465 e. The van der Waals surface area contributed by atoms with Gasteiger partial charge in [-0.15, -0.1) is 11.8 Å². The van der Waals surface area contributed by atoms with Crippen molar-refractivity contribution in [2.24, 2.45) is 0 Å². The molecule has 1 aromatic rings. The molecule has 3 nitrogen and oxygen atoms in total. The summed E-state index contributed by atoms with van der Waals surface area (Å²) in [5.74, 6) is 0.631. The van der Waals surface area contributed by atoms with E-state index in [2.05, 4.69) is 17.4 Å². The Kier molecular flexibility index (Phi) is 3.85. The quantitative estimate of drug-likeness (QED) is 0.816. The molecule has 0 saturated carbocycles. The number of esters is 1. The van der Waals surface area contributed by atoms with Crippen LogP contribution in [-0.2, 0) is 9.53 Å². The minimum absolute atomic E-state index is 0.145. The van der Waals surface area contributed by atoms with Crippen LogP contribution in [0.3, 0.4) is 0 Å². The summed E-state index contributed by atoms with van der Waals surface area (Å²) in [4.78, 5) is 11.5. The highest BCUT2D eigenvalue weighted by atomic mass is 32.2. The van der Waals surface area contributed by atoms with Crippen LogP contribution in [-0.4, -0.2) is 24.4 Å². The van der Waals surface area contributed by atoms with Gasteiger partial charge in [-0.3, -0.25) is 10.1 Å². The van der Waals surface area contributed by atoms with Crippen molar-refractivity contribution in [3.63, 3.8) is 0 Å². The first-order valence-electron chi connectivity index (χ1n) is 5.40. The van der Waals surface area contributed by atoms with E-state index >= 15 is 0 Å². The van der Waals surface area contributed by atoms with Crippen molar-refractivity contribution in [1.82, 2.24) is 5.32 Å². The molecular weight excluding hydrogens is 222 g/mol. The Morgan fingerprint density at radius 1 is 1.50 bits per heavy atom. The van der Waals surface area contributed by atoms with Crippen LogP contribution < -0.4 is 5.32 Å². The molecule has 1 aromatic carbocycles. The molecule has 0 spiro atoms. The van der Waals surface area contributed by atoms with E-state index in [1.54, 1.807) is 11.8 Å². The van der Waals surface area contributed by atoms with Crippen molar-refractivity contribution in [2.45, 2.75) is 18.3 Å². The van der Waals surface area contributed by atoms with Gasteiger partial charge in [0.25, 0.3) is 0 Å². The standard InChI is InChI=1S/C12H15NO2S/c1-2-15-12(14)10-8-16-11(13-10)9-6-4-3-5-7-9/h3-7,10-11,13H,2,8H2,1H3. The summed E-state index contributed by atoms with van der Waals surface area (Å²) in [6, 6.07) is 9.97. The zero-order chi connectivity index (χ0) is 11.4. The predicted molar refractivity (Wildman–Crippen MR) is 65.2 cm³/mol. The van der Waals surface area contributed by atoms with Crippen LogP contribution in [0, 0.1) is 0 Å². The zero-order valence-electron chi connectivity index (χ0n) is 9.18. The van der Waals surface area contributed by atoms with E-state index in [1.807, 2.05) is 25.1 Å². The van der Waals surface area contributed by atoms with Gasteiger partial charge in [-0.25, -0.2) is 0 Å². The van der Waals surface area contributed by atoms with Crippen molar-refractivity contribution in [2.75, 3.05) is 12.4 Å². The summed E-state index contributed by atoms with van der Waals surface area (Å²) in [5, 5.41) is 3.48. The van der Waals surface area contributed by atoms with E-state index in [-0.39, 0.29) is 17.4 Å². The lowest BCUT2D eigenvalue weighted by Crippen LogP contribution is -2.35. The summed E-state index contributed by atoms with van der Waals surface area (Å²) in [7, 11) is 0. The molecule has 0 bridgehead atoms. The van der Waals surface area contributed by atoms with E-state index in [0.717, 1.165) is 5.75 Å². The normalized spacial score (nSPS) is 24.3. The summed E-state index contributed by atoms with van der Waals surface area (Å²) >= 11 is 1.75. The molecule has 1 aliphatic rings. The highest BCUT2D eigenvalue weighted by molar-refractivity contribution is 7.99. The molecule has 4 heteroatoms. The monoisotopic (exact) mass is 237 g/mol. The number of hydrogen-bond acceptors (Lipinski definition) is 4. The first-order valence-corrected chi connectivity index (χ1v) is 6.45. The number of rotatable bonds is 3. The molecule has 16 heavy (non-hydrogen) atoms. The van der Waals surface area contributed by atoms with Crippen molar-refractivity contribution in [3.05, 3.63) is 35.9 Å². The molecule has 1 heterocycles. The van der Waals surface area contributed by atoms with E-state index < -0.39 is 0 Å². The van der Waals surface area contributed by atoms with Crippen LogP contribution in [0.4, 0.5) is 0 Å². The highest BCUT2D eigenvalue weighted by Gasteiger charge is 2.31. The Balaban J connectivity index is 1.96. The number of ether oxygens (including phenoxy) is 1. The lowest BCUT2D eigenvalue weighted by Gasteiger charge is -2.12. The van der Waals surface area contributed by atoms with Crippen LogP contribution in [0.2, 0.25) is 0 Å². The van der Waals surface area contributed by atoms with Crippen molar-refractivity contribution < 1.29 is 9.53 Å². The van der Waals surface area contributed by atoms with Gasteiger partial charge in [-0.05, 0) is 12.5 Å². The third-order valence-electron chi connectivity index (χ3n) is 2.46. The van der Waals surface area contributed by atoms with Gasteiger partial charge in [0.15, 0.2) is 0 Å². The molecule has 2 unspecified atom stereocenters. The van der Waals surface area contributed by atoms with Crippen molar-refractivity contribution in [3.8, 4) is 0 Å². The van der Waals surface area contributed by atoms with Crippen LogP contribution in [0.5, 0.6) is 0 Å². The van der Waals surface area contributed by atoms with Gasteiger partial charge in [-0.1, -0.05) is 30.3 Å². The topological polar surface area (TPSA) is 38.3 Å². The number of carbonyl (C=O) groups excluding carboxylic acids is 1. The third kappa shape index (κ3) is 2.57. The van der Waals surface area contributed by atoms with Gasteiger partial charge in [0.1, 0.15) is 6.04 Å².